The molecule has 2 N–H and O–H groups in total. The van der Waals surface area contributed by atoms with Gasteiger partial charge in [0, 0.05) is 36.9 Å². The number of hydrogen-bond acceptors (Lipinski definition) is 5. The van der Waals surface area contributed by atoms with Crippen LogP contribution < -0.4 is 20.2 Å². The number of ether oxygens (including phenoxy) is 2. The summed E-state index contributed by atoms with van der Waals surface area (Å²) in [5.74, 6) is -0.961. The largest absolute Gasteiger partial charge is 0.493 e. The van der Waals surface area contributed by atoms with Crippen LogP contribution in [0.15, 0.2) is 59.7 Å². The number of nitrogens with one attached hydrogen (secondary N) is 2. The van der Waals surface area contributed by atoms with E-state index in [0.717, 1.165) is 5.56 Å². The third kappa shape index (κ3) is 7.50. The summed E-state index contributed by atoms with van der Waals surface area (Å²) >= 11 is 23.9. The van der Waals surface area contributed by atoms with E-state index in [-0.39, 0.29) is 12.3 Å². The molecule has 3 aromatic rings. The Kier molecular flexibility index (Phi) is 9.23. The lowest BCUT2D eigenvalue weighted by Crippen LogP contribution is -2.32. The maximum Gasteiger partial charge on any atom is 0.329 e. The lowest BCUT2D eigenvalue weighted by Gasteiger charge is -2.13. The van der Waals surface area contributed by atoms with Crippen molar-refractivity contribution in [3.8, 4) is 11.5 Å². The number of benzene rings is 3. The first kappa shape index (κ1) is 26.6. The highest BCUT2D eigenvalue weighted by Gasteiger charge is 2.15. The van der Waals surface area contributed by atoms with Crippen molar-refractivity contribution in [1.29, 1.82) is 0 Å². The molecule has 0 aliphatic rings. The molecule has 0 aliphatic carbocycles. The van der Waals surface area contributed by atoms with Gasteiger partial charge in [-0.15, -0.1) is 0 Å². The van der Waals surface area contributed by atoms with E-state index < -0.39 is 11.8 Å². The molecule has 0 saturated heterocycles. The zero-order valence-electron chi connectivity index (χ0n) is 18.5. The van der Waals surface area contributed by atoms with Crippen LogP contribution in [-0.2, 0) is 16.2 Å². The van der Waals surface area contributed by atoms with E-state index in [9.17, 15) is 9.59 Å². The van der Waals surface area contributed by atoms with Crippen molar-refractivity contribution >= 4 is 69.6 Å². The van der Waals surface area contributed by atoms with Crippen LogP contribution in [0.2, 0.25) is 20.1 Å². The Labute approximate surface area is 221 Å². The number of carbonyl (C=O) groups excluding carboxylic acids is 2. The number of hydrogen-bond donors (Lipinski definition) is 2. The van der Waals surface area contributed by atoms with E-state index in [4.69, 9.17) is 55.9 Å². The van der Waals surface area contributed by atoms with Gasteiger partial charge < -0.3 is 14.8 Å². The third-order valence-electron chi connectivity index (χ3n) is 4.63. The van der Waals surface area contributed by atoms with Crippen LogP contribution in [0.3, 0.4) is 0 Å². The van der Waals surface area contributed by atoms with Crippen LogP contribution >= 0.6 is 46.4 Å². The van der Waals surface area contributed by atoms with Crippen molar-refractivity contribution in [2.75, 3.05) is 12.4 Å². The molecule has 0 heterocycles. The summed E-state index contributed by atoms with van der Waals surface area (Å²) in [6, 6.07) is 14.7. The van der Waals surface area contributed by atoms with Crippen LogP contribution in [0.25, 0.3) is 0 Å². The van der Waals surface area contributed by atoms with Gasteiger partial charge >= 0.3 is 11.8 Å². The van der Waals surface area contributed by atoms with Crippen LogP contribution in [0.1, 0.15) is 18.1 Å². The Morgan fingerprint density at radius 2 is 1.57 bits per heavy atom. The highest BCUT2D eigenvalue weighted by atomic mass is 35.5. The summed E-state index contributed by atoms with van der Waals surface area (Å²) in [6.45, 7) is 1.87. The van der Waals surface area contributed by atoms with E-state index in [1.807, 2.05) is 0 Å². The van der Waals surface area contributed by atoms with E-state index in [0.29, 0.717) is 42.9 Å². The molecule has 0 aliphatic heterocycles. The van der Waals surface area contributed by atoms with Crippen LogP contribution in [0.4, 0.5) is 5.69 Å². The number of halogens is 4. The molecule has 0 atom stereocenters. The smallest absolute Gasteiger partial charge is 0.329 e. The minimum atomic E-state index is -0.966. The molecule has 0 fully saturated rings. The lowest BCUT2D eigenvalue weighted by molar-refractivity contribution is -0.136. The fourth-order valence-corrected chi connectivity index (χ4v) is 3.86. The number of anilines is 1. The Morgan fingerprint density at radius 3 is 2.23 bits per heavy atom. The molecule has 2 amide bonds. The van der Waals surface area contributed by atoms with Gasteiger partial charge in [0.15, 0.2) is 11.5 Å². The molecule has 0 saturated carbocycles. The first-order valence-corrected chi connectivity index (χ1v) is 11.5. The predicted molar refractivity (Wildman–Crippen MR) is 139 cm³/mol. The number of rotatable bonds is 7. The molecule has 0 unspecified atom stereocenters. The van der Waals surface area contributed by atoms with Crippen LogP contribution in [0.5, 0.6) is 11.5 Å². The first-order valence-electron chi connectivity index (χ1n) is 10.0. The summed E-state index contributed by atoms with van der Waals surface area (Å²) in [5.41, 5.74) is 4.33. The molecule has 11 heteroatoms. The number of methoxy groups -OCH3 is 1. The van der Waals surface area contributed by atoms with Crippen molar-refractivity contribution < 1.29 is 19.1 Å². The Bertz CT molecular complexity index is 1280. The normalized spacial score (nSPS) is 11.1. The number of hydrazone groups is 1. The first-order chi connectivity index (χ1) is 16.7. The summed E-state index contributed by atoms with van der Waals surface area (Å²) in [7, 11) is 1.50. The number of amides is 2. The van der Waals surface area contributed by atoms with Gasteiger partial charge in [0.25, 0.3) is 0 Å². The molecule has 0 aromatic heterocycles. The number of nitrogens with zero attached hydrogens (tertiary/aromatic N) is 1. The van der Waals surface area contributed by atoms with Gasteiger partial charge in [-0.1, -0.05) is 52.5 Å². The van der Waals surface area contributed by atoms with Crippen LogP contribution in [-0.4, -0.2) is 24.6 Å². The average Bonchev–Trinajstić information content (AvgIpc) is 2.81. The Morgan fingerprint density at radius 1 is 0.857 bits per heavy atom. The molecule has 35 heavy (non-hydrogen) atoms. The standard InChI is InChI=1S/C24H19Cl4N3O4/c1-13(30-31-24(33)23(32)29-19-9-17(26)8-18(27)10-19)14-4-6-21(22(7-14)34-2)35-12-15-3-5-16(25)11-20(15)28/h3-11H,12H2,1-2H3,(H,29,32)(H,31,33)/b30-13+. The zero-order chi connectivity index (χ0) is 25.5. The number of carbonyl (C=O) groups is 2. The topological polar surface area (TPSA) is 89.0 Å². The summed E-state index contributed by atoms with van der Waals surface area (Å²) in [6.07, 6.45) is 0. The summed E-state index contributed by atoms with van der Waals surface area (Å²) in [4.78, 5) is 24.3. The summed E-state index contributed by atoms with van der Waals surface area (Å²) in [5, 5.41) is 8.06. The van der Waals surface area contributed by atoms with Crippen molar-refractivity contribution in [1.82, 2.24) is 5.43 Å². The molecule has 0 bridgehead atoms. The van der Waals surface area contributed by atoms with Gasteiger partial charge in [0.2, 0.25) is 0 Å². The maximum atomic E-state index is 12.1. The fourth-order valence-electron chi connectivity index (χ4n) is 2.87. The minimum Gasteiger partial charge on any atom is -0.493 e. The van der Waals surface area contributed by atoms with Gasteiger partial charge in [-0.25, -0.2) is 5.43 Å². The molecule has 0 spiro atoms. The van der Waals surface area contributed by atoms with E-state index in [1.54, 1.807) is 43.3 Å². The molecule has 7 nitrogen and oxygen atoms in total. The van der Waals surface area contributed by atoms with Gasteiger partial charge in [0.05, 0.1) is 12.8 Å². The second kappa shape index (κ2) is 12.1. The molecular weight excluding hydrogens is 536 g/mol. The second-order valence-corrected chi connectivity index (χ2v) is 8.86. The van der Waals surface area contributed by atoms with Gasteiger partial charge in [-0.3, -0.25) is 9.59 Å². The Balaban J connectivity index is 1.64. The molecule has 0 radical (unpaired) electrons. The highest BCUT2D eigenvalue weighted by Crippen LogP contribution is 2.30. The highest BCUT2D eigenvalue weighted by molar-refractivity contribution is 6.40. The van der Waals surface area contributed by atoms with Gasteiger partial charge in [-0.05, 0) is 55.5 Å². The van der Waals surface area contributed by atoms with Gasteiger partial charge in [0.1, 0.15) is 6.61 Å². The van der Waals surface area contributed by atoms with Crippen molar-refractivity contribution in [3.05, 3.63) is 85.8 Å². The molecule has 3 rings (SSSR count). The maximum absolute atomic E-state index is 12.1. The molecule has 182 valence electrons. The molecule has 3 aromatic carbocycles. The second-order valence-electron chi connectivity index (χ2n) is 7.14. The van der Waals surface area contributed by atoms with Crippen molar-refractivity contribution in [3.63, 3.8) is 0 Å². The van der Waals surface area contributed by atoms with Crippen LogP contribution in [0, 0.1) is 0 Å². The monoisotopic (exact) mass is 553 g/mol. The van der Waals surface area contributed by atoms with Crippen molar-refractivity contribution in [2.45, 2.75) is 13.5 Å². The quantitative estimate of drug-likeness (QED) is 0.202. The minimum absolute atomic E-state index is 0.210. The predicted octanol–water partition coefficient (Wildman–Crippen LogP) is 6.37. The average molecular weight is 555 g/mol. The lowest BCUT2D eigenvalue weighted by atomic mass is 10.1. The third-order valence-corrected chi connectivity index (χ3v) is 5.65. The van der Waals surface area contributed by atoms with E-state index in [1.165, 1.54) is 25.3 Å². The fraction of sp³-hybridized carbons (Fsp3) is 0.125. The van der Waals surface area contributed by atoms with E-state index >= 15 is 0 Å². The summed E-state index contributed by atoms with van der Waals surface area (Å²) < 4.78 is 11.3. The van der Waals surface area contributed by atoms with E-state index in [2.05, 4.69) is 15.8 Å². The zero-order valence-corrected chi connectivity index (χ0v) is 21.5. The van der Waals surface area contributed by atoms with Crippen molar-refractivity contribution in [2.24, 2.45) is 5.10 Å². The molecular formula is C24H19Cl4N3O4. The Hall–Kier alpha value is -2.97. The van der Waals surface area contributed by atoms with Gasteiger partial charge in [-0.2, -0.15) is 5.10 Å². The SMILES string of the molecule is COc1cc(/C(C)=N/NC(=O)C(=O)Nc2cc(Cl)cc(Cl)c2)ccc1OCc1ccc(Cl)cc1Cl.